The Balaban J connectivity index is 1.41. The third kappa shape index (κ3) is 5.51. The third-order valence-corrected chi connectivity index (χ3v) is 6.67. The van der Waals surface area contributed by atoms with Gasteiger partial charge in [0, 0.05) is 13.2 Å². The molecule has 35 heavy (non-hydrogen) atoms. The molecule has 15 heteroatoms. The molecule has 1 fully saturated rings. The van der Waals surface area contributed by atoms with Crippen LogP contribution in [0.3, 0.4) is 0 Å². The number of nitrogens with zero attached hydrogens (tertiary/aromatic N) is 4. The fraction of sp³-hybridized carbons (Fsp3) is 0.450. The molecule has 3 aromatic rings. The normalized spacial score (nSPS) is 25.0. The Morgan fingerprint density at radius 2 is 1.94 bits per heavy atom. The molecular formula is C20H25N5O9S. The van der Waals surface area contributed by atoms with Crippen molar-refractivity contribution in [1.29, 1.82) is 0 Å². The molecule has 190 valence electrons. The van der Waals surface area contributed by atoms with Gasteiger partial charge in [0.1, 0.15) is 35.9 Å². The van der Waals surface area contributed by atoms with E-state index in [-0.39, 0.29) is 17.3 Å². The van der Waals surface area contributed by atoms with Crippen LogP contribution in [-0.4, -0.2) is 88.3 Å². The van der Waals surface area contributed by atoms with E-state index in [4.69, 9.17) is 18.7 Å². The summed E-state index contributed by atoms with van der Waals surface area (Å²) >= 11 is 0. The van der Waals surface area contributed by atoms with E-state index in [9.17, 15) is 23.7 Å². The highest BCUT2D eigenvalue weighted by Crippen LogP contribution is 2.25. The largest absolute Gasteiger partial charge is 0.394 e. The molecule has 0 aliphatic carbocycles. The maximum Gasteiger partial charge on any atom is 0.263 e. The number of aliphatic hydroxyl groups excluding tert-OH is 3. The standard InChI is InChI=1S/C20H25N5O9S/c1-11-7-16(22-34-11)23-35(29,30)14-5-3-13(4-6-14)25-8-12(21-24-25)10-32-19-17(27)15(9-26)33-20(31-2)18(19)28/h3-8,15,17-20,26-28H,9-10H2,1-2H3,(H,22,23)/t15-,17+,18-,19+,20-/m1/s1. The quantitative estimate of drug-likeness (QED) is 0.284. The number of sulfonamides is 1. The molecule has 4 N–H and O–H groups in total. The number of aryl methyl sites for hydroxylation is 1. The second-order valence-electron chi connectivity index (χ2n) is 7.79. The highest BCUT2D eigenvalue weighted by Gasteiger charge is 2.45. The van der Waals surface area contributed by atoms with Crippen LogP contribution in [0.5, 0.6) is 0 Å². The topological polar surface area (TPSA) is 191 Å². The Morgan fingerprint density at radius 3 is 2.57 bits per heavy atom. The van der Waals surface area contributed by atoms with Crippen LogP contribution >= 0.6 is 0 Å². The van der Waals surface area contributed by atoms with E-state index < -0.39 is 47.3 Å². The van der Waals surface area contributed by atoms with Gasteiger partial charge in [0.05, 0.1) is 30.0 Å². The Bertz CT molecular complexity index is 1210. The van der Waals surface area contributed by atoms with Crippen LogP contribution in [0.4, 0.5) is 5.82 Å². The van der Waals surface area contributed by atoms with E-state index in [2.05, 4.69) is 20.2 Å². The highest BCUT2D eigenvalue weighted by molar-refractivity contribution is 7.92. The van der Waals surface area contributed by atoms with Crippen LogP contribution in [0.1, 0.15) is 11.5 Å². The summed E-state index contributed by atoms with van der Waals surface area (Å²) in [6.07, 6.45) is -4.19. The Labute approximate surface area is 200 Å². The van der Waals surface area contributed by atoms with Crippen molar-refractivity contribution >= 4 is 15.8 Å². The Hall–Kier alpha value is -2.92. The average Bonchev–Trinajstić information content (AvgIpc) is 3.48. The molecule has 2 aromatic heterocycles. The molecule has 0 amide bonds. The van der Waals surface area contributed by atoms with Gasteiger partial charge in [0.15, 0.2) is 12.1 Å². The van der Waals surface area contributed by atoms with Crippen molar-refractivity contribution in [3.63, 3.8) is 0 Å². The molecule has 1 aliphatic rings. The predicted molar refractivity (Wildman–Crippen MR) is 117 cm³/mol. The monoisotopic (exact) mass is 511 g/mol. The number of benzene rings is 1. The van der Waals surface area contributed by atoms with Gasteiger partial charge in [0.25, 0.3) is 10.0 Å². The van der Waals surface area contributed by atoms with E-state index in [0.29, 0.717) is 17.1 Å². The molecule has 1 saturated heterocycles. The van der Waals surface area contributed by atoms with Crippen molar-refractivity contribution in [2.24, 2.45) is 0 Å². The van der Waals surface area contributed by atoms with Crippen LogP contribution in [-0.2, 0) is 30.8 Å². The number of hydrogen-bond acceptors (Lipinski definition) is 12. The molecule has 1 aromatic carbocycles. The van der Waals surface area contributed by atoms with E-state index in [1.165, 1.54) is 30.0 Å². The molecular weight excluding hydrogens is 486 g/mol. The molecule has 3 heterocycles. The van der Waals surface area contributed by atoms with Crippen molar-refractivity contribution in [2.75, 3.05) is 18.4 Å². The van der Waals surface area contributed by atoms with Gasteiger partial charge in [-0.15, -0.1) is 5.10 Å². The molecule has 0 unspecified atom stereocenters. The molecule has 0 saturated carbocycles. The number of hydrogen-bond donors (Lipinski definition) is 4. The number of anilines is 1. The van der Waals surface area contributed by atoms with E-state index in [0.717, 1.165) is 0 Å². The fourth-order valence-electron chi connectivity index (χ4n) is 3.51. The fourth-order valence-corrected chi connectivity index (χ4v) is 4.49. The van der Waals surface area contributed by atoms with Gasteiger partial charge in [-0.25, -0.2) is 13.1 Å². The van der Waals surface area contributed by atoms with Gasteiger partial charge in [-0.3, -0.25) is 4.72 Å². The van der Waals surface area contributed by atoms with Gasteiger partial charge in [-0.05, 0) is 31.2 Å². The summed E-state index contributed by atoms with van der Waals surface area (Å²) < 4.78 is 49.6. The highest BCUT2D eigenvalue weighted by atomic mass is 32.2. The van der Waals surface area contributed by atoms with Gasteiger partial charge in [-0.1, -0.05) is 10.4 Å². The number of aromatic nitrogens is 4. The SMILES string of the molecule is CO[C@@H]1O[C@H](CO)[C@H](O)[C@H](OCc2cn(-c3ccc(S(=O)(=O)Nc4cc(C)on4)cc3)nn2)[C@H]1O. The number of nitrogens with one attached hydrogen (secondary N) is 1. The van der Waals surface area contributed by atoms with Gasteiger partial charge in [-0.2, -0.15) is 0 Å². The molecule has 4 rings (SSSR count). The van der Waals surface area contributed by atoms with E-state index >= 15 is 0 Å². The van der Waals surface area contributed by atoms with E-state index in [1.54, 1.807) is 25.3 Å². The molecule has 1 aliphatic heterocycles. The first kappa shape index (κ1) is 25.2. The van der Waals surface area contributed by atoms with Crippen LogP contribution in [0.2, 0.25) is 0 Å². The number of methoxy groups -OCH3 is 1. The minimum atomic E-state index is -3.86. The summed E-state index contributed by atoms with van der Waals surface area (Å²) in [5.74, 6) is 0.547. The molecule has 0 radical (unpaired) electrons. The zero-order valence-corrected chi connectivity index (χ0v) is 19.6. The van der Waals surface area contributed by atoms with Crippen LogP contribution in [0, 0.1) is 6.92 Å². The van der Waals surface area contributed by atoms with Crippen LogP contribution in [0.15, 0.2) is 45.9 Å². The maximum absolute atomic E-state index is 12.5. The predicted octanol–water partition coefficient (Wildman–Crippen LogP) is -0.665. The summed E-state index contributed by atoms with van der Waals surface area (Å²) in [4.78, 5) is 0.0132. The van der Waals surface area contributed by atoms with Gasteiger partial charge in [0.2, 0.25) is 0 Å². The van der Waals surface area contributed by atoms with Gasteiger partial charge >= 0.3 is 0 Å². The zero-order valence-electron chi connectivity index (χ0n) is 18.8. The first-order chi connectivity index (χ1) is 16.7. The molecule has 0 bridgehead atoms. The van der Waals surface area contributed by atoms with Crippen molar-refractivity contribution in [2.45, 2.75) is 49.1 Å². The lowest BCUT2D eigenvalue weighted by atomic mass is 9.99. The number of aliphatic hydroxyl groups is 3. The summed E-state index contributed by atoms with van der Waals surface area (Å²) in [6, 6.07) is 7.35. The molecule has 0 spiro atoms. The number of rotatable bonds is 9. The molecule has 14 nitrogen and oxygen atoms in total. The second kappa shape index (κ2) is 10.4. The summed E-state index contributed by atoms with van der Waals surface area (Å²) in [7, 11) is -2.54. The summed E-state index contributed by atoms with van der Waals surface area (Å²) in [5, 5.41) is 41.7. The van der Waals surface area contributed by atoms with E-state index in [1.807, 2.05) is 0 Å². The lowest BCUT2D eigenvalue weighted by Crippen LogP contribution is -2.59. The lowest BCUT2D eigenvalue weighted by molar-refractivity contribution is -0.303. The first-order valence-corrected chi connectivity index (χ1v) is 11.9. The van der Waals surface area contributed by atoms with Crippen LogP contribution in [0.25, 0.3) is 5.69 Å². The zero-order chi connectivity index (χ0) is 25.2. The number of ether oxygens (including phenoxy) is 3. The maximum atomic E-state index is 12.5. The van der Waals surface area contributed by atoms with Crippen molar-refractivity contribution in [3.8, 4) is 5.69 Å². The smallest absolute Gasteiger partial charge is 0.263 e. The Kier molecular flexibility index (Phi) is 7.46. The van der Waals surface area contributed by atoms with Crippen molar-refractivity contribution < 1.29 is 42.5 Å². The van der Waals surface area contributed by atoms with Crippen molar-refractivity contribution in [1.82, 2.24) is 20.2 Å². The minimum absolute atomic E-state index is 0.0132. The molecule has 5 atom stereocenters. The Morgan fingerprint density at radius 1 is 1.20 bits per heavy atom. The second-order valence-corrected chi connectivity index (χ2v) is 9.48. The first-order valence-electron chi connectivity index (χ1n) is 10.5. The van der Waals surface area contributed by atoms with Gasteiger partial charge < -0.3 is 34.1 Å². The van der Waals surface area contributed by atoms with Crippen LogP contribution < -0.4 is 4.72 Å². The average molecular weight is 512 g/mol. The summed E-state index contributed by atoms with van der Waals surface area (Å²) in [5.41, 5.74) is 0.913. The third-order valence-electron chi connectivity index (χ3n) is 5.30. The minimum Gasteiger partial charge on any atom is -0.394 e. The lowest BCUT2D eigenvalue weighted by Gasteiger charge is -2.41. The van der Waals surface area contributed by atoms with Crippen molar-refractivity contribution in [3.05, 3.63) is 48.0 Å². The summed E-state index contributed by atoms with van der Waals surface area (Å²) in [6.45, 7) is 1.05.